The number of halogens is 1. The summed E-state index contributed by atoms with van der Waals surface area (Å²) in [6.07, 6.45) is 0. The zero-order valence-corrected chi connectivity index (χ0v) is 17.5. The second kappa shape index (κ2) is 7.60. The molecule has 0 bridgehead atoms. The van der Waals surface area contributed by atoms with E-state index in [0.29, 0.717) is 11.3 Å². The van der Waals surface area contributed by atoms with Crippen molar-refractivity contribution in [1.82, 2.24) is 9.13 Å². The number of benzene rings is 2. The van der Waals surface area contributed by atoms with Gasteiger partial charge in [-0.15, -0.1) is 0 Å². The van der Waals surface area contributed by atoms with E-state index in [2.05, 4.69) is 40.0 Å². The van der Waals surface area contributed by atoms with Crippen LogP contribution in [0.15, 0.2) is 45.7 Å². The summed E-state index contributed by atoms with van der Waals surface area (Å²) in [6, 6.07) is 11.1. The van der Waals surface area contributed by atoms with Crippen LogP contribution >= 0.6 is 15.9 Å². The Morgan fingerprint density at radius 1 is 1.07 bits per heavy atom. The lowest BCUT2D eigenvalue weighted by Gasteiger charge is -2.24. The first-order valence-electron chi connectivity index (χ1n) is 8.88. The van der Waals surface area contributed by atoms with Gasteiger partial charge >= 0.3 is 5.69 Å². The molecule has 1 heterocycles. The lowest BCUT2D eigenvalue weighted by molar-refractivity contribution is 0.102. The average Bonchev–Trinajstić information content (AvgIpc) is 2.87. The molecule has 0 aliphatic carbocycles. The quantitative estimate of drug-likeness (QED) is 0.670. The van der Waals surface area contributed by atoms with E-state index in [1.54, 1.807) is 35.4 Å². The summed E-state index contributed by atoms with van der Waals surface area (Å²) in [4.78, 5) is 27.3. The molecular weight excluding hydrogens is 408 g/mol. The van der Waals surface area contributed by atoms with E-state index in [1.165, 1.54) is 0 Å². The Kier molecular flexibility index (Phi) is 5.41. The fourth-order valence-corrected chi connectivity index (χ4v) is 3.68. The SMILES string of the molecule is CCN(CC)c1cc2c(cc1NC(=O)c1cccc(Br)c1)n(C)c(=O)n2C. The maximum Gasteiger partial charge on any atom is 0.328 e. The van der Waals surface area contributed by atoms with Gasteiger partial charge in [0, 0.05) is 37.2 Å². The maximum absolute atomic E-state index is 12.8. The minimum absolute atomic E-state index is 0.0917. The minimum Gasteiger partial charge on any atom is -0.370 e. The van der Waals surface area contributed by atoms with E-state index in [0.717, 1.165) is 34.3 Å². The fraction of sp³-hybridized carbons (Fsp3) is 0.300. The van der Waals surface area contributed by atoms with Crippen molar-refractivity contribution in [2.75, 3.05) is 23.3 Å². The van der Waals surface area contributed by atoms with Gasteiger partial charge in [0.1, 0.15) is 0 Å². The van der Waals surface area contributed by atoms with Gasteiger partial charge in [-0.2, -0.15) is 0 Å². The molecule has 2 aromatic carbocycles. The third-order valence-corrected chi connectivity index (χ3v) is 5.32. The van der Waals surface area contributed by atoms with Crippen molar-refractivity contribution in [3.05, 3.63) is 56.9 Å². The number of nitrogens with one attached hydrogen (secondary N) is 1. The average molecular weight is 431 g/mol. The molecule has 1 N–H and O–H groups in total. The van der Waals surface area contributed by atoms with Gasteiger partial charge in [0.15, 0.2) is 0 Å². The molecule has 142 valence electrons. The number of carbonyl (C=O) groups is 1. The van der Waals surface area contributed by atoms with Crippen LogP contribution in [0.3, 0.4) is 0 Å². The van der Waals surface area contributed by atoms with E-state index in [-0.39, 0.29) is 11.6 Å². The summed E-state index contributed by atoms with van der Waals surface area (Å²) in [6.45, 7) is 5.72. The highest BCUT2D eigenvalue weighted by Crippen LogP contribution is 2.31. The molecule has 27 heavy (non-hydrogen) atoms. The van der Waals surface area contributed by atoms with E-state index < -0.39 is 0 Å². The van der Waals surface area contributed by atoms with E-state index >= 15 is 0 Å². The Bertz CT molecular complexity index is 1060. The fourth-order valence-electron chi connectivity index (χ4n) is 3.28. The molecule has 0 aliphatic rings. The van der Waals surface area contributed by atoms with Gasteiger partial charge in [-0.3, -0.25) is 13.9 Å². The number of amides is 1. The number of hydrogen-bond donors (Lipinski definition) is 1. The number of nitrogens with zero attached hydrogens (tertiary/aromatic N) is 3. The van der Waals surface area contributed by atoms with Crippen LogP contribution < -0.4 is 15.9 Å². The zero-order valence-electron chi connectivity index (χ0n) is 15.9. The first kappa shape index (κ1) is 19.2. The molecule has 6 nitrogen and oxygen atoms in total. The van der Waals surface area contributed by atoms with Crippen LogP contribution in [0.5, 0.6) is 0 Å². The van der Waals surface area contributed by atoms with Crippen molar-refractivity contribution in [1.29, 1.82) is 0 Å². The third-order valence-electron chi connectivity index (χ3n) is 4.83. The van der Waals surface area contributed by atoms with Crippen molar-refractivity contribution in [3.8, 4) is 0 Å². The van der Waals surface area contributed by atoms with Crippen LogP contribution in [0.4, 0.5) is 11.4 Å². The van der Waals surface area contributed by atoms with Crippen molar-refractivity contribution >= 4 is 44.2 Å². The molecule has 0 unspecified atom stereocenters. The van der Waals surface area contributed by atoms with Gasteiger partial charge in [0.25, 0.3) is 5.91 Å². The van der Waals surface area contributed by atoms with Crippen LogP contribution in [-0.4, -0.2) is 28.1 Å². The Balaban J connectivity index is 2.14. The number of carbonyl (C=O) groups excluding carboxylic acids is 1. The molecular formula is C20H23BrN4O2. The van der Waals surface area contributed by atoms with Gasteiger partial charge in [-0.25, -0.2) is 4.79 Å². The first-order chi connectivity index (χ1) is 12.9. The number of anilines is 2. The summed E-state index contributed by atoms with van der Waals surface area (Å²) in [7, 11) is 3.50. The molecule has 0 aliphatic heterocycles. The maximum atomic E-state index is 12.8. The minimum atomic E-state index is -0.190. The number of imidazole rings is 1. The zero-order chi connectivity index (χ0) is 19.7. The molecule has 3 aromatic rings. The Labute approximate surface area is 166 Å². The van der Waals surface area contributed by atoms with Crippen LogP contribution in [0.2, 0.25) is 0 Å². The topological polar surface area (TPSA) is 59.3 Å². The molecule has 1 aromatic heterocycles. The normalized spacial score (nSPS) is 11.0. The first-order valence-corrected chi connectivity index (χ1v) is 9.68. The summed E-state index contributed by atoms with van der Waals surface area (Å²) in [5.41, 5.74) is 3.69. The highest BCUT2D eigenvalue weighted by atomic mass is 79.9. The summed E-state index contributed by atoms with van der Waals surface area (Å²) in [5, 5.41) is 3.03. The van der Waals surface area contributed by atoms with Gasteiger partial charge < -0.3 is 10.2 Å². The van der Waals surface area contributed by atoms with Crippen LogP contribution in [-0.2, 0) is 14.1 Å². The Hall–Kier alpha value is -2.54. The Morgan fingerprint density at radius 3 is 2.30 bits per heavy atom. The van der Waals surface area contributed by atoms with Crippen molar-refractivity contribution in [2.24, 2.45) is 14.1 Å². The highest BCUT2D eigenvalue weighted by molar-refractivity contribution is 9.10. The smallest absolute Gasteiger partial charge is 0.328 e. The van der Waals surface area contributed by atoms with Crippen LogP contribution in [0, 0.1) is 0 Å². The molecule has 3 rings (SSSR count). The van der Waals surface area contributed by atoms with Crippen molar-refractivity contribution in [2.45, 2.75) is 13.8 Å². The van der Waals surface area contributed by atoms with Crippen LogP contribution in [0.25, 0.3) is 11.0 Å². The predicted octanol–water partition coefficient (Wildman–Crippen LogP) is 3.74. The lowest BCUT2D eigenvalue weighted by Crippen LogP contribution is -2.24. The molecule has 0 saturated heterocycles. The van der Waals surface area contributed by atoms with Gasteiger partial charge in [-0.1, -0.05) is 22.0 Å². The van der Waals surface area contributed by atoms with Gasteiger partial charge in [0.05, 0.1) is 22.4 Å². The van der Waals surface area contributed by atoms with E-state index in [1.807, 2.05) is 24.3 Å². The molecule has 0 fully saturated rings. The van der Waals surface area contributed by atoms with E-state index in [4.69, 9.17) is 0 Å². The summed E-state index contributed by atoms with van der Waals surface area (Å²) in [5.74, 6) is -0.190. The standard InChI is InChI=1S/C20H23BrN4O2/c1-5-25(6-2)16-12-18-17(23(3)20(27)24(18)4)11-15(16)22-19(26)13-8-7-9-14(21)10-13/h7-12H,5-6H2,1-4H3,(H,22,26). The number of fused-ring (bicyclic) bond motifs is 1. The molecule has 0 atom stereocenters. The van der Waals surface area contributed by atoms with Gasteiger partial charge in [-0.05, 0) is 44.2 Å². The number of rotatable bonds is 5. The van der Waals surface area contributed by atoms with E-state index in [9.17, 15) is 9.59 Å². The molecule has 0 saturated carbocycles. The monoisotopic (exact) mass is 430 g/mol. The summed E-state index contributed by atoms with van der Waals surface area (Å²) >= 11 is 3.40. The lowest BCUT2D eigenvalue weighted by atomic mass is 10.1. The summed E-state index contributed by atoms with van der Waals surface area (Å²) < 4.78 is 4.07. The van der Waals surface area contributed by atoms with Crippen molar-refractivity contribution in [3.63, 3.8) is 0 Å². The number of aromatic nitrogens is 2. The number of aryl methyl sites for hydroxylation is 2. The molecule has 0 radical (unpaired) electrons. The molecule has 1 amide bonds. The van der Waals surface area contributed by atoms with Crippen LogP contribution in [0.1, 0.15) is 24.2 Å². The molecule has 7 heteroatoms. The van der Waals surface area contributed by atoms with Crippen molar-refractivity contribution < 1.29 is 4.79 Å². The second-order valence-corrected chi connectivity index (χ2v) is 7.31. The Morgan fingerprint density at radius 2 is 1.70 bits per heavy atom. The van der Waals surface area contributed by atoms with Gasteiger partial charge in [0.2, 0.25) is 0 Å². The largest absolute Gasteiger partial charge is 0.370 e. The number of hydrogen-bond acceptors (Lipinski definition) is 3. The third kappa shape index (κ3) is 3.51. The predicted molar refractivity (Wildman–Crippen MR) is 114 cm³/mol. The second-order valence-electron chi connectivity index (χ2n) is 6.40. The molecule has 0 spiro atoms. The highest BCUT2D eigenvalue weighted by Gasteiger charge is 2.17.